The van der Waals surface area contributed by atoms with Gasteiger partial charge in [-0.15, -0.1) is 0 Å². The molecular weight excluding hydrogens is 549 g/mol. The van der Waals surface area contributed by atoms with Crippen molar-refractivity contribution in [2.75, 3.05) is 39.2 Å². The molecule has 4 rings (SSSR count). The van der Waals surface area contributed by atoms with Crippen molar-refractivity contribution in [1.29, 1.82) is 0 Å². The predicted molar refractivity (Wildman–Crippen MR) is 154 cm³/mol. The summed E-state index contributed by atoms with van der Waals surface area (Å²) in [6.45, 7) is 0.793. The smallest absolute Gasteiger partial charge is 0.253 e. The lowest BCUT2D eigenvalue weighted by atomic mass is 9.97. The largest absolute Gasteiger partial charge is 0.493 e. The van der Waals surface area contributed by atoms with Gasteiger partial charge in [-0.05, 0) is 66.8 Å². The van der Waals surface area contributed by atoms with Crippen LogP contribution >= 0.6 is 0 Å². The first-order valence-electron chi connectivity index (χ1n) is 13.3. The van der Waals surface area contributed by atoms with E-state index in [1.807, 2.05) is 18.2 Å². The Labute approximate surface area is 239 Å². The normalized spacial score (nSPS) is 14.3. The number of amides is 2. The Hall–Kier alpha value is -3.96. The number of carbonyl (C=O) groups is 2. The first-order chi connectivity index (χ1) is 19.7. The second kappa shape index (κ2) is 13.6. The summed E-state index contributed by atoms with van der Waals surface area (Å²) in [5, 5.41) is 5.76. The zero-order chi connectivity index (χ0) is 29.4. The standard InChI is InChI=1S/C30H34FN3O6S/c1-39-27-12-9-21(19-28(27)40-2)13-16-32-30(36)25-5-3-4-6-26(25)33-29(35)23-14-17-34(18-15-23)41(37,38)20-22-7-10-24(31)11-8-22/h3-12,19,23H,13-18,20H2,1-2H3,(H,32,36)(H,33,35). The van der Waals surface area contributed by atoms with Gasteiger partial charge in [0.05, 0.1) is 31.2 Å². The van der Waals surface area contributed by atoms with E-state index in [-0.39, 0.29) is 30.7 Å². The van der Waals surface area contributed by atoms with E-state index in [1.165, 1.54) is 28.6 Å². The highest BCUT2D eigenvalue weighted by Crippen LogP contribution is 2.28. The average molecular weight is 584 g/mol. The molecule has 0 radical (unpaired) electrons. The number of anilines is 1. The van der Waals surface area contributed by atoms with E-state index in [9.17, 15) is 22.4 Å². The molecule has 3 aromatic carbocycles. The highest BCUT2D eigenvalue weighted by atomic mass is 32.2. The molecule has 1 fully saturated rings. The Morgan fingerprint density at radius 1 is 0.927 bits per heavy atom. The summed E-state index contributed by atoms with van der Waals surface area (Å²) in [7, 11) is -0.464. The van der Waals surface area contributed by atoms with Gasteiger partial charge in [-0.3, -0.25) is 9.59 Å². The summed E-state index contributed by atoms with van der Waals surface area (Å²) >= 11 is 0. The van der Waals surface area contributed by atoms with Crippen molar-refractivity contribution in [2.24, 2.45) is 5.92 Å². The molecule has 0 unspecified atom stereocenters. The summed E-state index contributed by atoms with van der Waals surface area (Å²) in [6, 6.07) is 17.7. The van der Waals surface area contributed by atoms with Gasteiger partial charge in [0.1, 0.15) is 5.82 Å². The van der Waals surface area contributed by atoms with Crippen LogP contribution in [0.5, 0.6) is 11.5 Å². The van der Waals surface area contributed by atoms with Crippen LogP contribution in [0.25, 0.3) is 0 Å². The molecule has 1 saturated heterocycles. The van der Waals surface area contributed by atoms with Gasteiger partial charge in [0.15, 0.2) is 11.5 Å². The molecule has 41 heavy (non-hydrogen) atoms. The van der Waals surface area contributed by atoms with E-state index in [0.29, 0.717) is 54.1 Å². The lowest BCUT2D eigenvalue weighted by Gasteiger charge is -2.30. The molecule has 0 aromatic heterocycles. The lowest BCUT2D eigenvalue weighted by molar-refractivity contribution is -0.120. The maximum Gasteiger partial charge on any atom is 0.253 e. The molecule has 0 saturated carbocycles. The fourth-order valence-electron chi connectivity index (χ4n) is 4.76. The summed E-state index contributed by atoms with van der Waals surface area (Å²) in [5.74, 6) is -0.379. The van der Waals surface area contributed by atoms with E-state index in [4.69, 9.17) is 9.47 Å². The number of ether oxygens (including phenoxy) is 2. The van der Waals surface area contributed by atoms with E-state index in [0.717, 1.165) is 5.56 Å². The third kappa shape index (κ3) is 7.83. The van der Waals surface area contributed by atoms with Crippen molar-refractivity contribution in [1.82, 2.24) is 9.62 Å². The van der Waals surface area contributed by atoms with E-state index < -0.39 is 21.8 Å². The Morgan fingerprint density at radius 3 is 2.27 bits per heavy atom. The Kier molecular flexibility index (Phi) is 9.95. The van der Waals surface area contributed by atoms with Gasteiger partial charge in [0.25, 0.3) is 5.91 Å². The Balaban J connectivity index is 1.30. The molecule has 0 aliphatic carbocycles. The molecule has 2 N–H and O–H groups in total. The first-order valence-corrected chi connectivity index (χ1v) is 14.9. The maximum absolute atomic E-state index is 13.2. The van der Waals surface area contributed by atoms with Crippen LogP contribution in [0, 0.1) is 11.7 Å². The topological polar surface area (TPSA) is 114 Å². The molecule has 1 heterocycles. The number of sulfonamides is 1. The molecule has 218 valence electrons. The third-order valence-electron chi connectivity index (χ3n) is 7.06. The van der Waals surface area contributed by atoms with Crippen molar-refractivity contribution in [2.45, 2.75) is 25.0 Å². The van der Waals surface area contributed by atoms with Crippen LogP contribution in [0.4, 0.5) is 10.1 Å². The Bertz CT molecular complexity index is 1470. The predicted octanol–water partition coefficient (Wildman–Crippen LogP) is 4.00. The van der Waals surface area contributed by atoms with E-state index in [2.05, 4.69) is 10.6 Å². The monoisotopic (exact) mass is 583 g/mol. The quantitative estimate of drug-likeness (QED) is 0.353. The number of halogens is 1. The molecule has 3 aromatic rings. The first kappa shape index (κ1) is 30.0. The summed E-state index contributed by atoms with van der Waals surface area (Å²) in [4.78, 5) is 26.0. The minimum atomic E-state index is -3.60. The number of nitrogens with zero attached hydrogens (tertiary/aromatic N) is 1. The number of nitrogens with one attached hydrogen (secondary N) is 2. The molecular formula is C30H34FN3O6S. The van der Waals surface area contributed by atoms with Crippen molar-refractivity contribution in [3.63, 3.8) is 0 Å². The summed E-state index contributed by atoms with van der Waals surface area (Å²) in [6.07, 6.45) is 1.28. The zero-order valence-corrected chi connectivity index (χ0v) is 23.9. The Morgan fingerprint density at radius 2 is 1.59 bits per heavy atom. The van der Waals surface area contributed by atoms with Crippen molar-refractivity contribution >= 4 is 27.5 Å². The number of carbonyl (C=O) groups excluding carboxylic acids is 2. The average Bonchev–Trinajstić information content (AvgIpc) is 2.98. The number of benzene rings is 3. The van der Waals surface area contributed by atoms with E-state index >= 15 is 0 Å². The molecule has 2 amide bonds. The minimum Gasteiger partial charge on any atom is -0.493 e. The van der Waals surface area contributed by atoms with Gasteiger partial charge < -0.3 is 20.1 Å². The van der Waals surface area contributed by atoms with Crippen LogP contribution in [0.3, 0.4) is 0 Å². The second-order valence-corrected chi connectivity index (χ2v) is 11.8. The van der Waals surface area contributed by atoms with Crippen molar-refractivity contribution in [3.8, 4) is 11.5 Å². The number of rotatable bonds is 11. The second-order valence-electron chi connectivity index (χ2n) is 9.79. The molecule has 0 bridgehead atoms. The van der Waals surface area contributed by atoms with Crippen LogP contribution < -0.4 is 20.1 Å². The van der Waals surface area contributed by atoms with Crippen LogP contribution in [0.15, 0.2) is 66.7 Å². The highest BCUT2D eigenvalue weighted by molar-refractivity contribution is 7.88. The molecule has 1 aliphatic rings. The summed E-state index contributed by atoms with van der Waals surface area (Å²) < 4.78 is 50.8. The number of hydrogen-bond donors (Lipinski definition) is 2. The molecule has 9 nitrogen and oxygen atoms in total. The van der Waals surface area contributed by atoms with Crippen molar-refractivity contribution in [3.05, 3.63) is 89.2 Å². The van der Waals surface area contributed by atoms with Crippen LogP contribution in [-0.2, 0) is 27.0 Å². The molecule has 0 spiro atoms. The zero-order valence-electron chi connectivity index (χ0n) is 23.1. The highest BCUT2D eigenvalue weighted by Gasteiger charge is 2.31. The minimum absolute atomic E-state index is 0.208. The van der Waals surface area contributed by atoms with E-state index in [1.54, 1.807) is 38.5 Å². The summed E-state index contributed by atoms with van der Waals surface area (Å²) in [5.41, 5.74) is 2.21. The maximum atomic E-state index is 13.2. The molecule has 11 heteroatoms. The van der Waals surface area contributed by atoms with Gasteiger partial charge >= 0.3 is 0 Å². The van der Waals surface area contributed by atoms with Crippen LogP contribution in [0.2, 0.25) is 0 Å². The van der Waals surface area contributed by atoms with Gasteiger partial charge in [0.2, 0.25) is 15.9 Å². The van der Waals surface area contributed by atoms with Crippen LogP contribution in [0.1, 0.15) is 34.3 Å². The third-order valence-corrected chi connectivity index (χ3v) is 8.91. The SMILES string of the molecule is COc1ccc(CCNC(=O)c2ccccc2NC(=O)C2CCN(S(=O)(=O)Cc3ccc(F)cc3)CC2)cc1OC. The van der Waals surface area contributed by atoms with Crippen molar-refractivity contribution < 1.29 is 31.9 Å². The molecule has 0 atom stereocenters. The number of piperidine rings is 1. The fourth-order valence-corrected chi connectivity index (χ4v) is 6.32. The number of methoxy groups -OCH3 is 2. The van der Waals surface area contributed by atoms with Gasteiger partial charge in [-0.25, -0.2) is 17.1 Å². The number of para-hydroxylation sites is 1. The van der Waals surface area contributed by atoms with Gasteiger partial charge in [-0.2, -0.15) is 0 Å². The molecule has 1 aliphatic heterocycles. The lowest BCUT2D eigenvalue weighted by Crippen LogP contribution is -2.42. The number of hydrogen-bond acceptors (Lipinski definition) is 6. The van der Waals surface area contributed by atoms with Gasteiger partial charge in [0, 0.05) is 25.6 Å². The van der Waals surface area contributed by atoms with Gasteiger partial charge in [-0.1, -0.05) is 30.3 Å². The fraction of sp³-hybridized carbons (Fsp3) is 0.333. The van der Waals surface area contributed by atoms with Crippen LogP contribution in [-0.4, -0.2) is 58.4 Å².